The molecule has 0 spiro atoms. The molecule has 15 heavy (non-hydrogen) atoms. The number of nitrogens with one attached hydrogen (secondary N) is 1. The molecule has 0 bridgehead atoms. The Morgan fingerprint density at radius 3 is 3.20 bits per heavy atom. The third-order valence-electron chi connectivity index (χ3n) is 2.79. The first kappa shape index (κ1) is 10.0. The smallest absolute Gasteiger partial charge is 0.305 e. The molecule has 2 N–H and O–H groups in total. The van der Waals surface area contributed by atoms with Gasteiger partial charge < -0.3 is 15.0 Å². The van der Waals surface area contributed by atoms with Gasteiger partial charge in [0.05, 0.1) is 6.42 Å². The van der Waals surface area contributed by atoms with E-state index in [4.69, 9.17) is 5.11 Å². The topological polar surface area (TPSA) is 69.2 Å². The summed E-state index contributed by atoms with van der Waals surface area (Å²) in [4.78, 5) is 20.0. The Morgan fingerprint density at radius 1 is 1.67 bits per heavy atom. The number of hydrogen-bond acceptors (Lipinski definition) is 3. The van der Waals surface area contributed by atoms with E-state index in [1.54, 1.807) is 12.4 Å². The van der Waals surface area contributed by atoms with E-state index < -0.39 is 5.97 Å². The van der Waals surface area contributed by atoms with Gasteiger partial charge in [0.2, 0.25) is 5.95 Å². The number of aromatic amines is 1. The van der Waals surface area contributed by atoms with Crippen LogP contribution >= 0.6 is 0 Å². The molecule has 1 fully saturated rings. The molecule has 0 saturated carbocycles. The minimum absolute atomic E-state index is 0.0856. The molecule has 1 aliphatic heterocycles. The Kier molecular flexibility index (Phi) is 2.89. The summed E-state index contributed by atoms with van der Waals surface area (Å²) in [5, 5.41) is 8.82. The van der Waals surface area contributed by atoms with Crippen LogP contribution in [-0.2, 0) is 4.79 Å². The van der Waals surface area contributed by atoms with E-state index in [1.807, 2.05) is 0 Å². The molecule has 2 rings (SSSR count). The van der Waals surface area contributed by atoms with Crippen molar-refractivity contribution in [1.82, 2.24) is 9.97 Å². The number of carboxylic acids is 1. The summed E-state index contributed by atoms with van der Waals surface area (Å²) in [5.74, 6) is 0.0550. The molecule has 0 aliphatic carbocycles. The number of anilines is 1. The highest BCUT2D eigenvalue weighted by Gasteiger charge is 2.25. The SMILES string of the molecule is O=C(O)CC1CCCCN1c1ncc[nH]1. The van der Waals surface area contributed by atoms with Gasteiger partial charge in [-0.05, 0) is 19.3 Å². The predicted molar refractivity (Wildman–Crippen MR) is 55.8 cm³/mol. The maximum Gasteiger partial charge on any atom is 0.305 e. The van der Waals surface area contributed by atoms with Crippen LogP contribution in [0.2, 0.25) is 0 Å². The Labute approximate surface area is 88.1 Å². The van der Waals surface area contributed by atoms with Gasteiger partial charge in [-0.1, -0.05) is 0 Å². The molecule has 1 unspecified atom stereocenters. The van der Waals surface area contributed by atoms with Gasteiger partial charge in [0.15, 0.2) is 0 Å². The van der Waals surface area contributed by atoms with Crippen molar-refractivity contribution in [3.63, 3.8) is 0 Å². The van der Waals surface area contributed by atoms with Crippen LogP contribution < -0.4 is 4.90 Å². The average Bonchev–Trinajstić information content (AvgIpc) is 2.70. The molecule has 2 heterocycles. The number of H-pyrrole nitrogens is 1. The highest BCUT2D eigenvalue weighted by atomic mass is 16.4. The molecule has 5 nitrogen and oxygen atoms in total. The molecule has 0 amide bonds. The third-order valence-corrected chi connectivity index (χ3v) is 2.79. The minimum atomic E-state index is -0.738. The quantitative estimate of drug-likeness (QED) is 0.786. The maximum absolute atomic E-state index is 10.7. The summed E-state index contributed by atoms with van der Waals surface area (Å²) in [6.07, 6.45) is 6.81. The van der Waals surface area contributed by atoms with Gasteiger partial charge >= 0.3 is 5.97 Å². The fraction of sp³-hybridized carbons (Fsp3) is 0.600. The van der Waals surface area contributed by atoms with Gasteiger partial charge in [-0.3, -0.25) is 4.79 Å². The van der Waals surface area contributed by atoms with E-state index in [9.17, 15) is 4.79 Å². The summed E-state index contributed by atoms with van der Waals surface area (Å²) in [7, 11) is 0. The van der Waals surface area contributed by atoms with Gasteiger partial charge in [-0.2, -0.15) is 0 Å². The van der Waals surface area contributed by atoms with E-state index in [0.717, 1.165) is 31.8 Å². The molecule has 1 aromatic heterocycles. The lowest BCUT2D eigenvalue weighted by Crippen LogP contribution is -2.41. The van der Waals surface area contributed by atoms with Gasteiger partial charge in [-0.25, -0.2) is 4.98 Å². The van der Waals surface area contributed by atoms with Gasteiger partial charge in [-0.15, -0.1) is 0 Å². The second-order valence-electron chi connectivity index (χ2n) is 3.85. The summed E-state index contributed by atoms with van der Waals surface area (Å²) >= 11 is 0. The summed E-state index contributed by atoms with van der Waals surface area (Å²) in [6, 6.07) is 0.0856. The Hall–Kier alpha value is -1.52. The number of rotatable bonds is 3. The monoisotopic (exact) mass is 209 g/mol. The van der Waals surface area contributed by atoms with Crippen molar-refractivity contribution < 1.29 is 9.90 Å². The van der Waals surface area contributed by atoms with Crippen molar-refractivity contribution in [3.8, 4) is 0 Å². The first-order chi connectivity index (χ1) is 7.27. The van der Waals surface area contributed by atoms with Crippen molar-refractivity contribution >= 4 is 11.9 Å². The number of piperidine rings is 1. The van der Waals surface area contributed by atoms with Crippen molar-refractivity contribution in [2.24, 2.45) is 0 Å². The van der Waals surface area contributed by atoms with E-state index in [-0.39, 0.29) is 12.5 Å². The highest BCUT2D eigenvalue weighted by Crippen LogP contribution is 2.23. The molecule has 1 aromatic rings. The molecule has 1 saturated heterocycles. The van der Waals surface area contributed by atoms with Crippen LogP contribution in [0.5, 0.6) is 0 Å². The van der Waals surface area contributed by atoms with Crippen molar-refractivity contribution in [3.05, 3.63) is 12.4 Å². The molecular formula is C10H15N3O2. The van der Waals surface area contributed by atoms with Crippen LogP contribution in [0.1, 0.15) is 25.7 Å². The van der Waals surface area contributed by atoms with Crippen molar-refractivity contribution in [2.45, 2.75) is 31.7 Å². The summed E-state index contributed by atoms with van der Waals surface area (Å²) < 4.78 is 0. The van der Waals surface area contributed by atoms with E-state index in [2.05, 4.69) is 14.9 Å². The fourth-order valence-electron chi connectivity index (χ4n) is 2.11. The van der Waals surface area contributed by atoms with Crippen molar-refractivity contribution in [2.75, 3.05) is 11.4 Å². The van der Waals surface area contributed by atoms with Crippen LogP contribution in [0.15, 0.2) is 12.4 Å². The summed E-state index contributed by atoms with van der Waals surface area (Å²) in [6.45, 7) is 0.894. The number of aliphatic carboxylic acids is 1. The minimum Gasteiger partial charge on any atom is -0.481 e. The molecule has 1 aliphatic rings. The van der Waals surface area contributed by atoms with Crippen LogP contribution in [0.25, 0.3) is 0 Å². The largest absolute Gasteiger partial charge is 0.481 e. The van der Waals surface area contributed by atoms with E-state index in [1.165, 1.54) is 0 Å². The van der Waals surface area contributed by atoms with Crippen LogP contribution in [0, 0.1) is 0 Å². The molecule has 0 aromatic carbocycles. The fourth-order valence-corrected chi connectivity index (χ4v) is 2.11. The highest BCUT2D eigenvalue weighted by molar-refractivity contribution is 5.68. The average molecular weight is 209 g/mol. The Morgan fingerprint density at radius 2 is 2.53 bits per heavy atom. The second-order valence-corrected chi connectivity index (χ2v) is 3.85. The first-order valence-electron chi connectivity index (χ1n) is 5.25. The number of imidazole rings is 1. The number of carbonyl (C=O) groups is 1. The lowest BCUT2D eigenvalue weighted by Gasteiger charge is -2.34. The summed E-state index contributed by atoms with van der Waals surface area (Å²) in [5.41, 5.74) is 0. The van der Waals surface area contributed by atoms with E-state index in [0.29, 0.717) is 0 Å². The molecule has 82 valence electrons. The molecule has 1 atom stereocenters. The Balaban J connectivity index is 2.09. The standard InChI is InChI=1S/C10H15N3O2/c14-9(15)7-8-3-1-2-6-13(8)10-11-4-5-12-10/h4-5,8H,1-3,6-7H2,(H,11,12)(H,14,15). The number of aromatic nitrogens is 2. The van der Waals surface area contributed by atoms with Crippen LogP contribution in [-0.4, -0.2) is 33.6 Å². The first-order valence-corrected chi connectivity index (χ1v) is 5.25. The van der Waals surface area contributed by atoms with Gasteiger partial charge in [0.25, 0.3) is 0 Å². The lowest BCUT2D eigenvalue weighted by molar-refractivity contribution is -0.137. The van der Waals surface area contributed by atoms with Gasteiger partial charge in [0, 0.05) is 25.0 Å². The number of nitrogens with zero attached hydrogens (tertiary/aromatic N) is 2. The lowest BCUT2D eigenvalue weighted by atomic mass is 10.00. The van der Waals surface area contributed by atoms with E-state index >= 15 is 0 Å². The zero-order valence-corrected chi connectivity index (χ0v) is 8.52. The number of carboxylic acid groups (broad SMARTS) is 1. The zero-order chi connectivity index (χ0) is 10.7. The Bertz CT molecular complexity index is 323. The predicted octanol–water partition coefficient (Wildman–Crippen LogP) is 1.24. The van der Waals surface area contributed by atoms with Crippen molar-refractivity contribution in [1.29, 1.82) is 0 Å². The number of hydrogen-bond donors (Lipinski definition) is 2. The van der Waals surface area contributed by atoms with Gasteiger partial charge in [0.1, 0.15) is 0 Å². The maximum atomic E-state index is 10.7. The molecule has 0 radical (unpaired) electrons. The van der Waals surface area contributed by atoms with Crippen LogP contribution in [0.3, 0.4) is 0 Å². The molecular weight excluding hydrogens is 194 g/mol. The third kappa shape index (κ3) is 2.29. The normalized spacial score (nSPS) is 21.6. The molecule has 5 heteroatoms. The zero-order valence-electron chi connectivity index (χ0n) is 8.52. The second kappa shape index (κ2) is 4.33. The van der Waals surface area contributed by atoms with Crippen LogP contribution in [0.4, 0.5) is 5.95 Å².